The molecule has 0 radical (unpaired) electrons. The molecule has 2 aromatic carbocycles. The van der Waals surface area contributed by atoms with E-state index in [1.165, 1.54) is 12.8 Å². The van der Waals surface area contributed by atoms with E-state index in [2.05, 4.69) is 16.0 Å². The molecule has 1 aliphatic heterocycles. The molecule has 1 fully saturated rings. The minimum atomic E-state index is -0.131. The molecule has 0 spiro atoms. The molecule has 0 saturated carbocycles. The van der Waals surface area contributed by atoms with Crippen LogP contribution in [0.2, 0.25) is 0 Å². The highest BCUT2D eigenvalue weighted by atomic mass is 16.2. The van der Waals surface area contributed by atoms with Crippen LogP contribution in [-0.4, -0.2) is 38.0 Å². The SMILES string of the molecule is O=C(CNC(=O)Cc1cccc2ccccc12)NCCC1CCCNC1. The first-order valence-corrected chi connectivity index (χ1v) is 9.43. The predicted octanol–water partition coefficient (Wildman–Crippen LogP) is 2.00. The number of hydrogen-bond donors (Lipinski definition) is 3. The van der Waals surface area contributed by atoms with Gasteiger partial charge in [0.2, 0.25) is 11.8 Å². The van der Waals surface area contributed by atoms with Gasteiger partial charge in [-0.15, -0.1) is 0 Å². The van der Waals surface area contributed by atoms with E-state index in [4.69, 9.17) is 0 Å². The van der Waals surface area contributed by atoms with Crippen LogP contribution in [0, 0.1) is 5.92 Å². The predicted molar refractivity (Wildman–Crippen MR) is 104 cm³/mol. The zero-order valence-corrected chi connectivity index (χ0v) is 15.1. The third-order valence-corrected chi connectivity index (χ3v) is 4.95. The normalized spacial score (nSPS) is 17.0. The van der Waals surface area contributed by atoms with Crippen LogP contribution in [0.25, 0.3) is 10.8 Å². The number of hydrogen-bond acceptors (Lipinski definition) is 3. The zero-order chi connectivity index (χ0) is 18.2. The van der Waals surface area contributed by atoms with Gasteiger partial charge in [0.1, 0.15) is 0 Å². The molecule has 1 unspecified atom stereocenters. The molecular formula is C21H27N3O2. The van der Waals surface area contributed by atoms with Gasteiger partial charge in [-0.2, -0.15) is 0 Å². The highest BCUT2D eigenvalue weighted by molar-refractivity contribution is 5.91. The first-order valence-electron chi connectivity index (χ1n) is 9.43. The van der Waals surface area contributed by atoms with E-state index in [1.54, 1.807) is 0 Å². The van der Waals surface area contributed by atoms with E-state index in [9.17, 15) is 9.59 Å². The highest BCUT2D eigenvalue weighted by Crippen LogP contribution is 2.18. The summed E-state index contributed by atoms with van der Waals surface area (Å²) >= 11 is 0. The van der Waals surface area contributed by atoms with Gasteiger partial charge in [0.15, 0.2) is 0 Å². The first kappa shape index (κ1) is 18.4. The van der Waals surface area contributed by atoms with Gasteiger partial charge in [-0.25, -0.2) is 0 Å². The number of carbonyl (C=O) groups excluding carboxylic acids is 2. The molecule has 138 valence electrons. The monoisotopic (exact) mass is 353 g/mol. The number of fused-ring (bicyclic) bond motifs is 1. The van der Waals surface area contributed by atoms with Crippen LogP contribution in [-0.2, 0) is 16.0 Å². The topological polar surface area (TPSA) is 70.2 Å². The lowest BCUT2D eigenvalue weighted by molar-refractivity contribution is -0.125. The summed E-state index contributed by atoms with van der Waals surface area (Å²) in [5.74, 6) is 0.387. The fourth-order valence-corrected chi connectivity index (χ4v) is 3.51. The van der Waals surface area contributed by atoms with Crippen LogP contribution < -0.4 is 16.0 Å². The third kappa shape index (κ3) is 5.30. The minimum Gasteiger partial charge on any atom is -0.355 e. The molecule has 3 N–H and O–H groups in total. The summed E-state index contributed by atoms with van der Waals surface area (Å²) in [4.78, 5) is 24.1. The Labute approximate surface area is 154 Å². The number of nitrogens with one attached hydrogen (secondary N) is 3. The van der Waals surface area contributed by atoms with Crippen molar-refractivity contribution in [1.82, 2.24) is 16.0 Å². The molecule has 0 aliphatic carbocycles. The van der Waals surface area contributed by atoms with Gasteiger partial charge in [-0.1, -0.05) is 42.5 Å². The van der Waals surface area contributed by atoms with Gasteiger partial charge in [0.05, 0.1) is 13.0 Å². The molecule has 0 aromatic heterocycles. The van der Waals surface area contributed by atoms with E-state index >= 15 is 0 Å². The highest BCUT2D eigenvalue weighted by Gasteiger charge is 2.13. The molecule has 1 aliphatic rings. The number of amides is 2. The molecule has 1 atom stereocenters. The second-order valence-corrected chi connectivity index (χ2v) is 6.94. The molecule has 5 heteroatoms. The summed E-state index contributed by atoms with van der Waals surface area (Å²) in [7, 11) is 0. The smallest absolute Gasteiger partial charge is 0.239 e. The quantitative estimate of drug-likeness (QED) is 0.713. The average Bonchev–Trinajstić information content (AvgIpc) is 2.67. The fourth-order valence-electron chi connectivity index (χ4n) is 3.51. The van der Waals surface area contributed by atoms with E-state index in [1.807, 2.05) is 42.5 Å². The van der Waals surface area contributed by atoms with Crippen molar-refractivity contribution in [3.05, 3.63) is 48.0 Å². The van der Waals surface area contributed by atoms with Crippen molar-refractivity contribution in [2.24, 2.45) is 5.92 Å². The molecule has 1 heterocycles. The van der Waals surface area contributed by atoms with E-state index in [-0.39, 0.29) is 24.8 Å². The van der Waals surface area contributed by atoms with Gasteiger partial charge in [-0.05, 0) is 54.6 Å². The van der Waals surface area contributed by atoms with Crippen LogP contribution in [0.4, 0.5) is 0 Å². The lowest BCUT2D eigenvalue weighted by atomic mass is 9.96. The minimum absolute atomic E-state index is 0.0342. The van der Waals surface area contributed by atoms with Gasteiger partial charge in [0, 0.05) is 6.54 Å². The van der Waals surface area contributed by atoms with Crippen molar-refractivity contribution in [3.63, 3.8) is 0 Å². The fraction of sp³-hybridized carbons (Fsp3) is 0.429. The summed E-state index contributed by atoms with van der Waals surface area (Å²) in [6.45, 7) is 2.85. The summed E-state index contributed by atoms with van der Waals surface area (Å²) in [6.07, 6.45) is 3.71. The van der Waals surface area contributed by atoms with Crippen LogP contribution in [0.3, 0.4) is 0 Å². The maximum absolute atomic E-state index is 12.2. The van der Waals surface area contributed by atoms with Crippen molar-refractivity contribution < 1.29 is 9.59 Å². The van der Waals surface area contributed by atoms with Gasteiger partial charge in [0.25, 0.3) is 0 Å². The maximum Gasteiger partial charge on any atom is 0.239 e. The van der Waals surface area contributed by atoms with Crippen molar-refractivity contribution in [3.8, 4) is 0 Å². The van der Waals surface area contributed by atoms with Crippen LogP contribution >= 0.6 is 0 Å². The molecule has 3 rings (SSSR count). The first-order chi connectivity index (χ1) is 12.7. The Morgan fingerprint density at radius 2 is 1.88 bits per heavy atom. The molecule has 2 aromatic rings. The third-order valence-electron chi connectivity index (χ3n) is 4.95. The summed E-state index contributed by atoms with van der Waals surface area (Å²) in [5, 5.41) is 11.2. The molecule has 26 heavy (non-hydrogen) atoms. The Kier molecular flexibility index (Phi) is 6.61. The van der Waals surface area contributed by atoms with Crippen molar-refractivity contribution in [2.45, 2.75) is 25.7 Å². The largest absolute Gasteiger partial charge is 0.355 e. The van der Waals surface area contributed by atoms with Gasteiger partial charge < -0.3 is 16.0 Å². The molecular weight excluding hydrogens is 326 g/mol. The number of carbonyl (C=O) groups is 2. The lowest BCUT2D eigenvalue weighted by Gasteiger charge is -2.22. The Morgan fingerprint density at radius 3 is 2.73 bits per heavy atom. The number of rotatable bonds is 7. The van der Waals surface area contributed by atoms with Gasteiger partial charge >= 0.3 is 0 Å². The summed E-state index contributed by atoms with van der Waals surface area (Å²) in [6, 6.07) is 14.0. The van der Waals surface area contributed by atoms with Crippen molar-refractivity contribution in [1.29, 1.82) is 0 Å². The van der Waals surface area contributed by atoms with Crippen molar-refractivity contribution in [2.75, 3.05) is 26.2 Å². The lowest BCUT2D eigenvalue weighted by Crippen LogP contribution is -2.39. The Bertz CT molecular complexity index is 749. The second kappa shape index (κ2) is 9.34. The summed E-state index contributed by atoms with van der Waals surface area (Å²) in [5.41, 5.74) is 0.978. The number of benzene rings is 2. The summed E-state index contributed by atoms with van der Waals surface area (Å²) < 4.78 is 0. The van der Waals surface area contributed by atoms with E-state index in [0.717, 1.165) is 35.8 Å². The molecule has 1 saturated heterocycles. The van der Waals surface area contributed by atoms with Crippen LogP contribution in [0.1, 0.15) is 24.8 Å². The molecule has 0 bridgehead atoms. The Hall–Kier alpha value is -2.40. The zero-order valence-electron chi connectivity index (χ0n) is 15.1. The average molecular weight is 353 g/mol. The van der Waals surface area contributed by atoms with Gasteiger partial charge in [-0.3, -0.25) is 9.59 Å². The Morgan fingerprint density at radius 1 is 1.04 bits per heavy atom. The second-order valence-electron chi connectivity index (χ2n) is 6.94. The maximum atomic E-state index is 12.2. The molecule has 2 amide bonds. The standard InChI is InChI=1S/C21H27N3O2/c25-20(13-18-8-3-7-17-6-1-2-9-19(17)18)24-15-21(26)23-12-10-16-5-4-11-22-14-16/h1-3,6-9,16,22H,4-5,10-15H2,(H,23,26)(H,24,25). The van der Waals surface area contributed by atoms with E-state index < -0.39 is 0 Å². The van der Waals surface area contributed by atoms with E-state index in [0.29, 0.717) is 12.5 Å². The molecule has 5 nitrogen and oxygen atoms in total. The van der Waals surface area contributed by atoms with Crippen LogP contribution in [0.5, 0.6) is 0 Å². The van der Waals surface area contributed by atoms with Crippen molar-refractivity contribution >= 4 is 22.6 Å². The Balaban J connectivity index is 1.40. The van der Waals surface area contributed by atoms with Crippen LogP contribution in [0.15, 0.2) is 42.5 Å². The number of piperidine rings is 1.